The molecule has 0 aromatic carbocycles. The molecule has 0 aromatic rings. The lowest BCUT2D eigenvalue weighted by Crippen LogP contribution is -2.41. The lowest BCUT2D eigenvalue weighted by Gasteiger charge is -2.17. The molecular weight excluding hydrogens is 236 g/mol. The van der Waals surface area contributed by atoms with Crippen molar-refractivity contribution in [3.63, 3.8) is 0 Å². The van der Waals surface area contributed by atoms with E-state index in [0.717, 1.165) is 24.9 Å². The van der Waals surface area contributed by atoms with E-state index in [2.05, 4.69) is 10.6 Å². The highest BCUT2D eigenvalue weighted by Gasteiger charge is 2.45. The molecule has 17 heavy (non-hydrogen) atoms. The van der Waals surface area contributed by atoms with Crippen LogP contribution in [-0.2, 0) is 4.79 Å². The van der Waals surface area contributed by atoms with Crippen LogP contribution in [0.25, 0.3) is 0 Å². The van der Waals surface area contributed by atoms with E-state index in [4.69, 9.17) is 0 Å². The molecule has 98 valence electrons. The minimum atomic E-state index is 0. The number of carbonyl (C=O) groups excluding carboxylic acids is 1. The van der Waals surface area contributed by atoms with Gasteiger partial charge >= 0.3 is 0 Å². The molecule has 1 atom stereocenters. The quantitative estimate of drug-likeness (QED) is 0.788. The zero-order chi connectivity index (χ0) is 11.0. The lowest BCUT2D eigenvalue weighted by atomic mass is 9.97. The van der Waals surface area contributed by atoms with Gasteiger partial charge in [0.05, 0.1) is 0 Å². The Hall–Kier alpha value is -0.280. The second-order valence-corrected chi connectivity index (χ2v) is 5.74. The van der Waals surface area contributed by atoms with Crippen molar-refractivity contribution in [2.45, 2.75) is 44.6 Å². The first-order valence-electron chi connectivity index (χ1n) is 6.85. The van der Waals surface area contributed by atoms with Crippen LogP contribution in [0.3, 0.4) is 0 Å². The molecule has 3 fully saturated rings. The molecule has 3 rings (SSSR count). The maximum atomic E-state index is 12.1. The zero-order valence-electron chi connectivity index (χ0n) is 10.3. The van der Waals surface area contributed by atoms with E-state index >= 15 is 0 Å². The van der Waals surface area contributed by atoms with Gasteiger partial charge in [-0.05, 0) is 56.9 Å². The first kappa shape index (κ1) is 13.2. The minimum Gasteiger partial charge on any atom is -0.354 e. The van der Waals surface area contributed by atoms with Gasteiger partial charge in [-0.3, -0.25) is 4.79 Å². The average Bonchev–Trinajstić information content (AvgIpc) is 3.20. The van der Waals surface area contributed by atoms with Crippen molar-refractivity contribution in [2.75, 3.05) is 13.1 Å². The van der Waals surface area contributed by atoms with Crippen molar-refractivity contribution < 1.29 is 4.79 Å². The van der Waals surface area contributed by atoms with Crippen molar-refractivity contribution >= 4 is 18.3 Å². The van der Waals surface area contributed by atoms with Crippen LogP contribution in [0, 0.1) is 17.8 Å². The largest absolute Gasteiger partial charge is 0.354 e. The van der Waals surface area contributed by atoms with Crippen molar-refractivity contribution in [1.29, 1.82) is 0 Å². The first-order chi connectivity index (χ1) is 7.84. The normalized spacial score (nSPS) is 27.9. The molecule has 2 N–H and O–H groups in total. The Balaban J connectivity index is 0.00000108. The molecule has 2 saturated carbocycles. The Morgan fingerprint density at radius 2 is 1.82 bits per heavy atom. The van der Waals surface area contributed by atoms with E-state index in [-0.39, 0.29) is 12.4 Å². The summed E-state index contributed by atoms with van der Waals surface area (Å²) in [5.74, 6) is 2.16. The number of hydrogen-bond donors (Lipinski definition) is 2. The Kier molecular flexibility index (Phi) is 4.31. The second kappa shape index (κ2) is 5.57. The van der Waals surface area contributed by atoms with Crippen LogP contribution >= 0.6 is 12.4 Å². The number of halogens is 1. The Labute approximate surface area is 110 Å². The number of amides is 1. The SMILES string of the molecule is Cl.O=C(NCC1CCCN1)C(C1CC1)C1CC1. The van der Waals surface area contributed by atoms with Gasteiger partial charge < -0.3 is 10.6 Å². The van der Waals surface area contributed by atoms with Crippen molar-refractivity contribution in [3.05, 3.63) is 0 Å². The molecule has 3 nitrogen and oxygen atoms in total. The van der Waals surface area contributed by atoms with Crippen molar-refractivity contribution in [3.8, 4) is 0 Å². The smallest absolute Gasteiger partial charge is 0.223 e. The molecule has 3 aliphatic rings. The van der Waals surface area contributed by atoms with E-state index in [1.807, 2.05) is 0 Å². The van der Waals surface area contributed by atoms with Gasteiger partial charge in [0.25, 0.3) is 0 Å². The summed E-state index contributed by atoms with van der Waals surface area (Å²) in [5, 5.41) is 6.59. The van der Waals surface area contributed by atoms with Gasteiger partial charge in [-0.25, -0.2) is 0 Å². The molecule has 0 radical (unpaired) electrons. The Morgan fingerprint density at radius 1 is 1.18 bits per heavy atom. The van der Waals surface area contributed by atoms with E-state index in [1.54, 1.807) is 0 Å². The molecule has 0 bridgehead atoms. The molecule has 2 aliphatic carbocycles. The minimum absolute atomic E-state index is 0. The molecule has 0 spiro atoms. The number of hydrogen-bond acceptors (Lipinski definition) is 2. The molecule has 4 heteroatoms. The summed E-state index contributed by atoms with van der Waals surface area (Å²) >= 11 is 0. The summed E-state index contributed by atoms with van der Waals surface area (Å²) in [6.45, 7) is 1.96. The highest BCUT2D eigenvalue weighted by atomic mass is 35.5. The standard InChI is InChI=1S/C13H22N2O.ClH/c16-13(15-8-11-2-1-7-14-11)12(9-3-4-9)10-5-6-10;/h9-12,14H,1-8H2,(H,15,16);1H. The number of nitrogens with one attached hydrogen (secondary N) is 2. The topological polar surface area (TPSA) is 41.1 Å². The van der Waals surface area contributed by atoms with E-state index in [9.17, 15) is 4.79 Å². The molecule has 0 aromatic heterocycles. The fraction of sp³-hybridized carbons (Fsp3) is 0.923. The third kappa shape index (κ3) is 3.35. The van der Waals surface area contributed by atoms with Gasteiger partial charge in [0, 0.05) is 18.5 Å². The average molecular weight is 259 g/mol. The van der Waals surface area contributed by atoms with Crippen LogP contribution in [0.1, 0.15) is 38.5 Å². The molecule has 1 saturated heterocycles. The van der Waals surface area contributed by atoms with Gasteiger partial charge in [0.15, 0.2) is 0 Å². The van der Waals surface area contributed by atoms with Gasteiger partial charge in [-0.15, -0.1) is 12.4 Å². The van der Waals surface area contributed by atoms with Gasteiger partial charge in [0.2, 0.25) is 5.91 Å². The van der Waals surface area contributed by atoms with Crippen LogP contribution in [0.5, 0.6) is 0 Å². The van der Waals surface area contributed by atoms with E-state index in [1.165, 1.54) is 38.5 Å². The molecule has 1 amide bonds. The van der Waals surface area contributed by atoms with Gasteiger partial charge in [0.1, 0.15) is 0 Å². The number of rotatable bonds is 5. The predicted octanol–water partition coefficient (Wildman–Crippen LogP) is 1.71. The predicted molar refractivity (Wildman–Crippen MR) is 70.2 cm³/mol. The first-order valence-corrected chi connectivity index (χ1v) is 6.85. The summed E-state index contributed by atoms with van der Waals surface area (Å²) in [5.41, 5.74) is 0. The summed E-state index contributed by atoms with van der Waals surface area (Å²) < 4.78 is 0. The monoisotopic (exact) mass is 258 g/mol. The van der Waals surface area contributed by atoms with E-state index < -0.39 is 0 Å². The Bertz CT molecular complexity index is 259. The van der Waals surface area contributed by atoms with Gasteiger partial charge in [-0.2, -0.15) is 0 Å². The summed E-state index contributed by atoms with van der Waals surface area (Å²) in [6.07, 6.45) is 7.63. The Morgan fingerprint density at radius 3 is 2.29 bits per heavy atom. The van der Waals surface area contributed by atoms with Crippen LogP contribution < -0.4 is 10.6 Å². The third-order valence-electron chi connectivity index (χ3n) is 4.25. The van der Waals surface area contributed by atoms with E-state index in [0.29, 0.717) is 17.9 Å². The summed E-state index contributed by atoms with van der Waals surface area (Å²) in [4.78, 5) is 12.1. The molecule has 1 heterocycles. The number of carbonyl (C=O) groups is 1. The molecule has 1 aliphatic heterocycles. The maximum Gasteiger partial charge on any atom is 0.223 e. The van der Waals surface area contributed by atoms with Crippen LogP contribution in [0.15, 0.2) is 0 Å². The van der Waals surface area contributed by atoms with Crippen molar-refractivity contribution in [1.82, 2.24) is 10.6 Å². The maximum absolute atomic E-state index is 12.1. The zero-order valence-corrected chi connectivity index (χ0v) is 11.1. The van der Waals surface area contributed by atoms with Crippen LogP contribution in [-0.4, -0.2) is 25.0 Å². The highest BCUT2D eigenvalue weighted by molar-refractivity contribution is 5.85. The van der Waals surface area contributed by atoms with Gasteiger partial charge in [-0.1, -0.05) is 0 Å². The molecular formula is C13H23ClN2O. The fourth-order valence-corrected chi connectivity index (χ4v) is 3.00. The highest BCUT2D eigenvalue weighted by Crippen LogP contribution is 2.49. The van der Waals surface area contributed by atoms with Crippen molar-refractivity contribution in [2.24, 2.45) is 17.8 Å². The summed E-state index contributed by atoms with van der Waals surface area (Å²) in [6, 6.07) is 0.531. The second-order valence-electron chi connectivity index (χ2n) is 5.74. The fourth-order valence-electron chi connectivity index (χ4n) is 3.00. The molecule has 1 unspecified atom stereocenters. The van der Waals surface area contributed by atoms with Crippen LogP contribution in [0.2, 0.25) is 0 Å². The summed E-state index contributed by atoms with van der Waals surface area (Å²) in [7, 11) is 0. The van der Waals surface area contributed by atoms with Crippen LogP contribution in [0.4, 0.5) is 0 Å². The lowest BCUT2D eigenvalue weighted by molar-refractivity contribution is -0.126. The third-order valence-corrected chi connectivity index (χ3v) is 4.25.